The fourth-order valence-corrected chi connectivity index (χ4v) is 1.70. The smallest absolute Gasteiger partial charge is 0.267 e. The molecule has 1 aromatic carbocycles. The van der Waals surface area contributed by atoms with Crippen LogP contribution in [0, 0.1) is 0 Å². The van der Waals surface area contributed by atoms with E-state index in [9.17, 15) is 4.79 Å². The molecule has 0 aliphatic rings. The van der Waals surface area contributed by atoms with Gasteiger partial charge in [0.2, 0.25) is 5.88 Å². The lowest BCUT2D eigenvalue weighted by Gasteiger charge is -2.11. The molecule has 0 aliphatic heterocycles. The number of rotatable bonds is 5. The fraction of sp³-hybridized carbons (Fsp3) is 0.143. The molecule has 0 saturated heterocycles. The minimum absolute atomic E-state index is 0.00457. The van der Waals surface area contributed by atoms with Crippen molar-refractivity contribution in [3.8, 4) is 11.6 Å². The van der Waals surface area contributed by atoms with E-state index in [0.29, 0.717) is 17.9 Å². The highest BCUT2D eigenvalue weighted by Crippen LogP contribution is 2.28. The minimum atomic E-state index is -0.654. The number of aromatic nitrogens is 1. The maximum absolute atomic E-state index is 11.1. The summed E-state index contributed by atoms with van der Waals surface area (Å²) in [6.07, 6.45) is 0.450. The molecule has 20 heavy (non-hydrogen) atoms. The molecule has 104 valence electrons. The Hall–Kier alpha value is -2.60. The molecular formula is C14H15N3O3. The van der Waals surface area contributed by atoms with E-state index in [1.807, 2.05) is 12.1 Å². The summed E-state index contributed by atoms with van der Waals surface area (Å²) in [6.45, 7) is 0.00457. The van der Waals surface area contributed by atoms with Gasteiger partial charge in [0.25, 0.3) is 5.91 Å². The van der Waals surface area contributed by atoms with Crippen LogP contribution in [0.5, 0.6) is 11.6 Å². The average Bonchev–Trinajstić information content (AvgIpc) is 2.43. The Balaban J connectivity index is 2.34. The zero-order chi connectivity index (χ0) is 14.5. The Kier molecular flexibility index (Phi) is 4.17. The highest BCUT2D eigenvalue weighted by molar-refractivity contribution is 5.91. The normalized spacial score (nSPS) is 10.2. The van der Waals surface area contributed by atoms with Crippen molar-refractivity contribution < 1.29 is 14.6 Å². The number of aliphatic hydroxyl groups excluding tert-OH is 1. The summed E-state index contributed by atoms with van der Waals surface area (Å²) in [6, 6.07) is 10.2. The number of carbonyl (C=O) groups excluding carboxylic acids is 1. The third-order valence-electron chi connectivity index (χ3n) is 2.70. The molecule has 1 aromatic heterocycles. The van der Waals surface area contributed by atoms with Crippen LogP contribution >= 0.6 is 0 Å². The van der Waals surface area contributed by atoms with Crippen LogP contribution < -0.4 is 16.2 Å². The average molecular weight is 273 g/mol. The molecular weight excluding hydrogens is 258 g/mol. The molecule has 0 saturated carbocycles. The summed E-state index contributed by atoms with van der Waals surface area (Å²) < 4.78 is 5.63. The number of carbonyl (C=O) groups is 1. The Morgan fingerprint density at radius 2 is 2.00 bits per heavy atom. The van der Waals surface area contributed by atoms with Crippen LogP contribution in [-0.2, 0) is 6.42 Å². The van der Waals surface area contributed by atoms with Gasteiger partial charge in [-0.15, -0.1) is 0 Å². The molecule has 0 aliphatic carbocycles. The van der Waals surface area contributed by atoms with Crippen LogP contribution in [0.3, 0.4) is 0 Å². The van der Waals surface area contributed by atoms with Crippen molar-refractivity contribution in [1.82, 2.24) is 4.98 Å². The highest BCUT2D eigenvalue weighted by Gasteiger charge is 2.11. The molecule has 5 N–H and O–H groups in total. The largest absolute Gasteiger partial charge is 0.437 e. The summed E-state index contributed by atoms with van der Waals surface area (Å²) in [5, 5.41) is 9.02. The summed E-state index contributed by atoms with van der Waals surface area (Å²) >= 11 is 0. The lowest BCUT2D eigenvalue weighted by Crippen LogP contribution is -2.13. The van der Waals surface area contributed by atoms with Crippen LogP contribution in [0.2, 0.25) is 0 Å². The number of hydrogen-bond acceptors (Lipinski definition) is 5. The first-order valence-corrected chi connectivity index (χ1v) is 6.04. The van der Waals surface area contributed by atoms with Crippen LogP contribution in [-0.4, -0.2) is 22.6 Å². The molecule has 0 spiro atoms. The topological polar surface area (TPSA) is 111 Å². The van der Waals surface area contributed by atoms with E-state index in [1.165, 1.54) is 12.1 Å². The number of para-hydroxylation sites is 1. The maximum Gasteiger partial charge on any atom is 0.267 e. The van der Waals surface area contributed by atoms with Crippen LogP contribution in [0.25, 0.3) is 0 Å². The number of aliphatic hydroxyl groups is 1. The van der Waals surface area contributed by atoms with Crippen molar-refractivity contribution in [3.63, 3.8) is 0 Å². The maximum atomic E-state index is 11.1. The monoisotopic (exact) mass is 273 g/mol. The molecule has 0 atom stereocenters. The Bertz CT molecular complexity index is 629. The molecule has 6 heteroatoms. The van der Waals surface area contributed by atoms with Crippen molar-refractivity contribution in [2.24, 2.45) is 5.73 Å². The van der Waals surface area contributed by atoms with Crippen molar-refractivity contribution in [2.75, 3.05) is 12.3 Å². The Morgan fingerprint density at radius 3 is 2.70 bits per heavy atom. The van der Waals surface area contributed by atoms with Gasteiger partial charge in [-0.1, -0.05) is 18.2 Å². The van der Waals surface area contributed by atoms with Gasteiger partial charge in [0, 0.05) is 6.61 Å². The standard InChI is InChI=1S/C14H15N3O3/c15-10-5-6-11(13(16)19)17-14(10)20-12-4-2-1-3-9(12)7-8-18/h1-6,18H,7-8,15H2,(H2,16,19). The molecule has 0 fully saturated rings. The first-order valence-electron chi connectivity index (χ1n) is 6.04. The Morgan fingerprint density at radius 1 is 1.25 bits per heavy atom. The van der Waals surface area contributed by atoms with E-state index in [4.69, 9.17) is 21.3 Å². The lowest BCUT2D eigenvalue weighted by molar-refractivity contribution is 0.0995. The number of ether oxygens (including phenoxy) is 1. The van der Waals surface area contributed by atoms with Gasteiger partial charge < -0.3 is 21.3 Å². The van der Waals surface area contributed by atoms with Crippen molar-refractivity contribution in [3.05, 3.63) is 47.7 Å². The third-order valence-corrected chi connectivity index (χ3v) is 2.70. The zero-order valence-corrected chi connectivity index (χ0v) is 10.7. The second kappa shape index (κ2) is 6.03. The van der Waals surface area contributed by atoms with Gasteiger partial charge in [-0.25, -0.2) is 4.98 Å². The number of benzene rings is 1. The molecule has 1 heterocycles. The van der Waals surface area contributed by atoms with Gasteiger partial charge in [-0.2, -0.15) is 0 Å². The summed E-state index contributed by atoms with van der Waals surface area (Å²) in [7, 11) is 0. The summed E-state index contributed by atoms with van der Waals surface area (Å²) in [4.78, 5) is 15.1. The second-order valence-electron chi connectivity index (χ2n) is 4.14. The van der Waals surface area contributed by atoms with Crippen LogP contribution in [0.15, 0.2) is 36.4 Å². The van der Waals surface area contributed by atoms with Crippen LogP contribution in [0.4, 0.5) is 5.69 Å². The van der Waals surface area contributed by atoms with E-state index in [1.54, 1.807) is 12.1 Å². The summed E-state index contributed by atoms with van der Waals surface area (Å²) in [5.74, 6) is -0.00689. The molecule has 2 aromatic rings. The lowest BCUT2D eigenvalue weighted by atomic mass is 10.1. The number of amides is 1. The van der Waals surface area contributed by atoms with Crippen LogP contribution in [0.1, 0.15) is 16.1 Å². The predicted molar refractivity (Wildman–Crippen MR) is 74.5 cm³/mol. The van der Waals surface area contributed by atoms with Crippen molar-refractivity contribution in [1.29, 1.82) is 0 Å². The first-order chi connectivity index (χ1) is 9.61. The molecule has 0 bridgehead atoms. The van der Waals surface area contributed by atoms with E-state index >= 15 is 0 Å². The van der Waals surface area contributed by atoms with E-state index < -0.39 is 5.91 Å². The number of nitrogens with two attached hydrogens (primary N) is 2. The van der Waals surface area contributed by atoms with E-state index in [0.717, 1.165) is 5.56 Å². The number of nitrogen functional groups attached to an aromatic ring is 1. The van der Waals surface area contributed by atoms with Gasteiger partial charge in [-0.05, 0) is 30.2 Å². The molecule has 1 amide bonds. The number of pyridine rings is 1. The van der Waals surface area contributed by atoms with Gasteiger partial charge >= 0.3 is 0 Å². The van der Waals surface area contributed by atoms with Crippen molar-refractivity contribution in [2.45, 2.75) is 6.42 Å². The summed E-state index contributed by atoms with van der Waals surface area (Å²) in [5.41, 5.74) is 12.1. The minimum Gasteiger partial charge on any atom is -0.437 e. The fourth-order valence-electron chi connectivity index (χ4n) is 1.70. The van der Waals surface area contributed by atoms with Gasteiger partial charge in [-0.3, -0.25) is 4.79 Å². The Labute approximate surface area is 116 Å². The molecule has 2 rings (SSSR count). The quantitative estimate of drug-likeness (QED) is 0.755. The zero-order valence-electron chi connectivity index (χ0n) is 10.7. The SMILES string of the molecule is NC(=O)c1ccc(N)c(Oc2ccccc2CCO)n1. The van der Waals surface area contributed by atoms with Gasteiger partial charge in [0.15, 0.2) is 0 Å². The van der Waals surface area contributed by atoms with E-state index in [-0.39, 0.29) is 18.2 Å². The van der Waals surface area contributed by atoms with Crippen molar-refractivity contribution >= 4 is 11.6 Å². The third kappa shape index (κ3) is 3.04. The predicted octanol–water partition coefficient (Wildman–Crippen LogP) is 1.09. The number of primary amides is 1. The second-order valence-corrected chi connectivity index (χ2v) is 4.14. The van der Waals surface area contributed by atoms with E-state index in [2.05, 4.69) is 4.98 Å². The molecule has 6 nitrogen and oxygen atoms in total. The van der Waals surface area contributed by atoms with Gasteiger partial charge in [0.05, 0.1) is 5.69 Å². The number of anilines is 1. The first kappa shape index (κ1) is 13.8. The molecule has 0 radical (unpaired) electrons. The highest BCUT2D eigenvalue weighted by atomic mass is 16.5. The number of hydrogen-bond donors (Lipinski definition) is 3. The number of nitrogens with zero attached hydrogens (tertiary/aromatic N) is 1. The molecule has 0 unspecified atom stereocenters. The van der Waals surface area contributed by atoms with Gasteiger partial charge in [0.1, 0.15) is 11.4 Å².